The van der Waals surface area contributed by atoms with Gasteiger partial charge >= 0.3 is 12.1 Å². The molecule has 0 saturated heterocycles. The quantitative estimate of drug-likeness (QED) is 0.506. The van der Waals surface area contributed by atoms with Crippen molar-refractivity contribution in [2.24, 2.45) is 0 Å². The van der Waals surface area contributed by atoms with Gasteiger partial charge in [-0.15, -0.1) is 0 Å². The van der Waals surface area contributed by atoms with Crippen molar-refractivity contribution in [3.63, 3.8) is 0 Å². The number of carbonyl (C=O) groups is 2. The highest BCUT2D eigenvalue weighted by Gasteiger charge is 2.17. The van der Waals surface area contributed by atoms with E-state index in [0.717, 1.165) is 12.8 Å². The number of carbonyl (C=O) groups excluding carboxylic acids is 2. The molecule has 0 saturated carbocycles. The molecule has 0 aliphatic heterocycles. The minimum absolute atomic E-state index is 0.0982. The summed E-state index contributed by atoms with van der Waals surface area (Å²) >= 11 is 5.86. The molecule has 0 aliphatic rings. The number of nitrogens with one attached hydrogen (secondary N) is 4. The van der Waals surface area contributed by atoms with E-state index in [2.05, 4.69) is 16.0 Å². The van der Waals surface area contributed by atoms with E-state index >= 15 is 0 Å². The van der Waals surface area contributed by atoms with Crippen LogP contribution >= 0.6 is 11.6 Å². The fourth-order valence-corrected chi connectivity index (χ4v) is 3.29. The molecule has 0 atom stereocenters. The summed E-state index contributed by atoms with van der Waals surface area (Å²) in [5, 5.41) is 8.14. The lowest BCUT2D eigenvalue weighted by Crippen LogP contribution is -2.39. The van der Waals surface area contributed by atoms with Crippen LogP contribution in [0, 0.1) is 0 Å². The SMILES string of the molecule is CCCCNC(=O)NS(=O)(=O)c1ccc(NC(=O)Nc2cccc(Cl)c2)cc1. The highest BCUT2D eigenvalue weighted by molar-refractivity contribution is 7.90. The Bertz CT molecular complexity index is 933. The molecular formula is C18H21ClN4O4S. The summed E-state index contributed by atoms with van der Waals surface area (Å²) in [4.78, 5) is 23.5. The van der Waals surface area contributed by atoms with Gasteiger partial charge in [-0.05, 0) is 48.9 Å². The summed E-state index contributed by atoms with van der Waals surface area (Å²) in [7, 11) is -4.00. The molecule has 2 rings (SSSR count). The molecule has 0 fully saturated rings. The standard InChI is InChI=1S/C18H21ClN4O4S/c1-2-3-11-20-17(24)23-28(26,27)16-9-7-14(8-10-16)21-18(25)22-15-6-4-5-13(19)12-15/h4-10,12H,2-3,11H2,1H3,(H2,20,23,24)(H2,21,22,25). The molecular weight excluding hydrogens is 404 g/mol. The maximum Gasteiger partial charge on any atom is 0.328 e. The average molecular weight is 425 g/mol. The zero-order chi connectivity index (χ0) is 20.6. The molecule has 0 unspecified atom stereocenters. The van der Waals surface area contributed by atoms with Gasteiger partial charge in [0.1, 0.15) is 0 Å². The van der Waals surface area contributed by atoms with E-state index in [1.807, 2.05) is 11.6 Å². The first-order valence-corrected chi connectivity index (χ1v) is 10.4. The summed E-state index contributed by atoms with van der Waals surface area (Å²) in [6, 6.07) is 10.8. The van der Waals surface area contributed by atoms with Crippen molar-refractivity contribution in [3.8, 4) is 0 Å². The van der Waals surface area contributed by atoms with Crippen molar-refractivity contribution >= 4 is 45.1 Å². The molecule has 0 radical (unpaired) electrons. The maximum absolute atomic E-state index is 12.2. The topological polar surface area (TPSA) is 116 Å². The Morgan fingerprint density at radius 2 is 1.64 bits per heavy atom. The van der Waals surface area contributed by atoms with Crippen LogP contribution in [-0.4, -0.2) is 27.0 Å². The molecule has 4 N–H and O–H groups in total. The molecule has 2 aromatic carbocycles. The third-order valence-electron chi connectivity index (χ3n) is 3.55. The van der Waals surface area contributed by atoms with Crippen LogP contribution in [0.25, 0.3) is 0 Å². The minimum atomic E-state index is -4.00. The van der Waals surface area contributed by atoms with E-state index in [0.29, 0.717) is 22.9 Å². The second-order valence-corrected chi connectivity index (χ2v) is 7.95. The van der Waals surface area contributed by atoms with Gasteiger partial charge in [-0.1, -0.05) is 31.0 Å². The van der Waals surface area contributed by atoms with Gasteiger partial charge in [-0.25, -0.2) is 22.7 Å². The first-order valence-electron chi connectivity index (χ1n) is 8.54. The average Bonchev–Trinajstić information content (AvgIpc) is 2.62. The number of benzene rings is 2. The second kappa shape index (κ2) is 9.95. The Hall–Kier alpha value is -2.78. The van der Waals surface area contributed by atoms with Gasteiger partial charge < -0.3 is 16.0 Å². The van der Waals surface area contributed by atoms with Crippen LogP contribution in [-0.2, 0) is 10.0 Å². The van der Waals surface area contributed by atoms with E-state index in [4.69, 9.17) is 11.6 Å². The molecule has 150 valence electrons. The van der Waals surface area contributed by atoms with E-state index in [9.17, 15) is 18.0 Å². The number of rotatable bonds is 7. The number of sulfonamides is 1. The van der Waals surface area contributed by atoms with Gasteiger partial charge in [0.2, 0.25) is 0 Å². The Balaban J connectivity index is 1.94. The van der Waals surface area contributed by atoms with Gasteiger partial charge in [0.05, 0.1) is 4.90 Å². The number of urea groups is 2. The summed E-state index contributed by atoms with van der Waals surface area (Å²) in [6.45, 7) is 2.35. The number of unbranched alkanes of at least 4 members (excludes halogenated alkanes) is 1. The molecule has 0 aliphatic carbocycles. The number of hydrogen-bond acceptors (Lipinski definition) is 4. The van der Waals surface area contributed by atoms with Crippen LogP contribution in [0.3, 0.4) is 0 Å². The largest absolute Gasteiger partial charge is 0.337 e. The Morgan fingerprint density at radius 3 is 2.29 bits per heavy atom. The molecule has 0 aromatic heterocycles. The third kappa shape index (κ3) is 6.75. The normalized spacial score (nSPS) is 10.8. The monoisotopic (exact) mass is 424 g/mol. The summed E-state index contributed by atoms with van der Waals surface area (Å²) < 4.78 is 26.3. The van der Waals surface area contributed by atoms with Crippen molar-refractivity contribution in [1.82, 2.24) is 10.0 Å². The number of halogens is 1. The Labute approximate surface area is 168 Å². The maximum atomic E-state index is 12.2. The van der Waals surface area contributed by atoms with Crippen molar-refractivity contribution in [2.45, 2.75) is 24.7 Å². The van der Waals surface area contributed by atoms with Gasteiger partial charge in [0.15, 0.2) is 0 Å². The predicted octanol–water partition coefficient (Wildman–Crippen LogP) is 3.77. The fraction of sp³-hybridized carbons (Fsp3) is 0.222. The van der Waals surface area contributed by atoms with E-state index in [-0.39, 0.29) is 4.90 Å². The zero-order valence-corrected chi connectivity index (χ0v) is 16.7. The molecule has 2 aromatic rings. The molecule has 4 amide bonds. The first kappa shape index (κ1) is 21.5. The Kier molecular flexibility index (Phi) is 7.65. The number of amides is 4. The van der Waals surface area contributed by atoms with Crippen LogP contribution in [0.4, 0.5) is 21.0 Å². The number of anilines is 2. The zero-order valence-electron chi connectivity index (χ0n) is 15.2. The predicted molar refractivity (Wildman–Crippen MR) is 109 cm³/mol. The van der Waals surface area contributed by atoms with Crippen LogP contribution in [0.5, 0.6) is 0 Å². The lowest BCUT2D eigenvalue weighted by atomic mass is 10.3. The lowest BCUT2D eigenvalue weighted by molar-refractivity contribution is 0.245. The van der Waals surface area contributed by atoms with Gasteiger partial charge in [-0.2, -0.15) is 0 Å². The molecule has 0 heterocycles. The molecule has 0 spiro atoms. The fourth-order valence-electron chi connectivity index (χ4n) is 2.17. The molecule has 28 heavy (non-hydrogen) atoms. The van der Waals surface area contributed by atoms with Gasteiger partial charge in [-0.3, -0.25) is 0 Å². The first-order chi connectivity index (χ1) is 13.3. The highest BCUT2D eigenvalue weighted by atomic mass is 35.5. The van der Waals surface area contributed by atoms with Crippen LogP contribution in [0.2, 0.25) is 5.02 Å². The van der Waals surface area contributed by atoms with Crippen molar-refractivity contribution in [2.75, 3.05) is 17.2 Å². The molecule has 8 nitrogen and oxygen atoms in total. The van der Waals surface area contributed by atoms with Gasteiger partial charge in [0, 0.05) is 22.9 Å². The summed E-state index contributed by atoms with van der Waals surface area (Å²) in [6.07, 6.45) is 1.64. The Morgan fingerprint density at radius 1 is 0.964 bits per heavy atom. The summed E-state index contributed by atoms with van der Waals surface area (Å²) in [5.74, 6) is 0. The second-order valence-electron chi connectivity index (χ2n) is 5.83. The number of hydrogen-bond donors (Lipinski definition) is 4. The van der Waals surface area contributed by atoms with Crippen molar-refractivity contribution in [3.05, 3.63) is 53.6 Å². The smallest absolute Gasteiger partial charge is 0.328 e. The van der Waals surface area contributed by atoms with Crippen molar-refractivity contribution in [1.29, 1.82) is 0 Å². The van der Waals surface area contributed by atoms with E-state index in [1.165, 1.54) is 24.3 Å². The van der Waals surface area contributed by atoms with Crippen LogP contribution < -0.4 is 20.7 Å². The van der Waals surface area contributed by atoms with E-state index in [1.54, 1.807) is 24.3 Å². The van der Waals surface area contributed by atoms with Gasteiger partial charge in [0.25, 0.3) is 10.0 Å². The third-order valence-corrected chi connectivity index (χ3v) is 5.13. The van der Waals surface area contributed by atoms with Crippen LogP contribution in [0.15, 0.2) is 53.4 Å². The highest BCUT2D eigenvalue weighted by Crippen LogP contribution is 2.17. The molecule has 0 bridgehead atoms. The summed E-state index contributed by atoms with van der Waals surface area (Å²) in [5.41, 5.74) is 0.897. The lowest BCUT2D eigenvalue weighted by Gasteiger charge is -2.10. The molecule has 10 heteroatoms. The minimum Gasteiger partial charge on any atom is -0.337 e. The van der Waals surface area contributed by atoms with Crippen molar-refractivity contribution < 1.29 is 18.0 Å². The van der Waals surface area contributed by atoms with Crippen LogP contribution in [0.1, 0.15) is 19.8 Å². The van der Waals surface area contributed by atoms with E-state index < -0.39 is 22.1 Å².